The average Bonchev–Trinajstić information content (AvgIpc) is 2.97. The van der Waals surface area contributed by atoms with Crippen molar-refractivity contribution in [1.82, 2.24) is 19.3 Å². The molecule has 2 N–H and O–H groups in total. The van der Waals surface area contributed by atoms with Crippen molar-refractivity contribution in [2.75, 3.05) is 0 Å². The first kappa shape index (κ1) is 23.9. The Labute approximate surface area is 168 Å². The van der Waals surface area contributed by atoms with E-state index in [1.165, 1.54) is 6.07 Å². The third-order valence-corrected chi connectivity index (χ3v) is 4.11. The van der Waals surface area contributed by atoms with E-state index in [1.54, 1.807) is 0 Å². The highest BCUT2D eigenvalue weighted by Gasteiger charge is 2.38. The van der Waals surface area contributed by atoms with Crippen LogP contribution in [-0.4, -0.2) is 47.7 Å². The van der Waals surface area contributed by atoms with E-state index in [-0.39, 0.29) is 6.54 Å². The predicted molar refractivity (Wildman–Crippen MR) is 88.1 cm³/mol. The maximum absolute atomic E-state index is 12.5. The number of aryl methyl sites for hydroxylation is 1. The summed E-state index contributed by atoms with van der Waals surface area (Å²) in [5.74, 6) is -3.49. The van der Waals surface area contributed by atoms with Crippen LogP contribution in [0.3, 0.4) is 0 Å². The molecular formula is C16H14F6N4O5. The fraction of sp³-hybridized carbons (Fsp3) is 0.438. The van der Waals surface area contributed by atoms with Gasteiger partial charge in [-0.1, -0.05) is 6.07 Å². The minimum atomic E-state index is -5.08. The monoisotopic (exact) mass is 456 g/mol. The van der Waals surface area contributed by atoms with E-state index in [0.29, 0.717) is 30.7 Å². The molecule has 0 aromatic carbocycles. The summed E-state index contributed by atoms with van der Waals surface area (Å²) in [6.07, 6.45) is -7.15. The summed E-state index contributed by atoms with van der Waals surface area (Å²) in [6, 6.07) is 1.09. The van der Waals surface area contributed by atoms with E-state index in [4.69, 9.17) is 9.90 Å². The number of aromatic nitrogens is 4. The van der Waals surface area contributed by atoms with Crippen molar-refractivity contribution in [1.29, 1.82) is 0 Å². The van der Waals surface area contributed by atoms with Gasteiger partial charge in [-0.15, -0.1) is 0 Å². The molecule has 3 heterocycles. The zero-order valence-corrected chi connectivity index (χ0v) is 15.3. The van der Waals surface area contributed by atoms with Gasteiger partial charge >= 0.3 is 30.0 Å². The molecule has 0 saturated carbocycles. The van der Waals surface area contributed by atoms with Gasteiger partial charge < -0.3 is 10.2 Å². The topological polar surface area (TPSA) is 127 Å². The molecule has 170 valence electrons. The van der Waals surface area contributed by atoms with E-state index in [0.717, 1.165) is 21.5 Å². The first-order chi connectivity index (χ1) is 14.2. The third-order valence-electron chi connectivity index (χ3n) is 4.11. The Kier molecular flexibility index (Phi) is 6.76. The Morgan fingerprint density at radius 2 is 1.74 bits per heavy atom. The lowest BCUT2D eigenvalue weighted by Gasteiger charge is -2.19. The third kappa shape index (κ3) is 5.82. The van der Waals surface area contributed by atoms with Crippen molar-refractivity contribution in [2.45, 2.75) is 44.2 Å². The van der Waals surface area contributed by atoms with Crippen LogP contribution < -0.4 is 5.69 Å². The van der Waals surface area contributed by atoms with Gasteiger partial charge in [0, 0.05) is 12.6 Å². The van der Waals surface area contributed by atoms with E-state index in [9.17, 15) is 41.0 Å². The van der Waals surface area contributed by atoms with Crippen molar-refractivity contribution in [3.63, 3.8) is 0 Å². The van der Waals surface area contributed by atoms with Gasteiger partial charge in [0.15, 0.2) is 0 Å². The molecule has 0 saturated heterocycles. The number of carboxylic acid groups (broad SMARTS) is 2. The van der Waals surface area contributed by atoms with Crippen LogP contribution in [0, 0.1) is 0 Å². The molecule has 0 spiro atoms. The largest absolute Gasteiger partial charge is 0.490 e. The smallest absolute Gasteiger partial charge is 0.480 e. The lowest BCUT2D eigenvalue weighted by atomic mass is 10.1. The number of aliphatic carboxylic acids is 2. The van der Waals surface area contributed by atoms with Gasteiger partial charge in [-0.05, 0) is 24.5 Å². The van der Waals surface area contributed by atoms with Crippen molar-refractivity contribution >= 4 is 11.9 Å². The maximum atomic E-state index is 12.5. The van der Waals surface area contributed by atoms with Gasteiger partial charge in [0.1, 0.15) is 17.6 Å². The summed E-state index contributed by atoms with van der Waals surface area (Å²) in [6.45, 7) is -0.0731. The maximum Gasteiger partial charge on any atom is 0.490 e. The number of rotatable bonds is 3. The lowest BCUT2D eigenvalue weighted by Crippen LogP contribution is -2.34. The summed E-state index contributed by atoms with van der Waals surface area (Å²) >= 11 is 0. The molecule has 0 radical (unpaired) electrons. The molecule has 2 aromatic heterocycles. The number of carboxylic acids is 2. The second-order valence-electron chi connectivity index (χ2n) is 6.33. The summed E-state index contributed by atoms with van der Waals surface area (Å²) in [5, 5.41) is 20.4. The molecule has 0 bridgehead atoms. The Balaban J connectivity index is 0.000000423. The quantitative estimate of drug-likeness (QED) is 0.678. The van der Waals surface area contributed by atoms with Gasteiger partial charge in [-0.25, -0.2) is 19.1 Å². The van der Waals surface area contributed by atoms with E-state index in [2.05, 4.69) is 10.1 Å². The molecule has 1 atom stereocenters. The zero-order chi connectivity index (χ0) is 23.6. The van der Waals surface area contributed by atoms with E-state index >= 15 is 0 Å². The van der Waals surface area contributed by atoms with Crippen molar-refractivity contribution in [3.05, 3.63) is 45.9 Å². The van der Waals surface area contributed by atoms with Crippen LogP contribution in [0.25, 0.3) is 0 Å². The highest BCUT2D eigenvalue weighted by Crippen LogP contribution is 2.27. The Hall–Kier alpha value is -3.39. The number of halogens is 6. The summed E-state index contributed by atoms with van der Waals surface area (Å²) in [4.78, 5) is 35.8. The van der Waals surface area contributed by atoms with Gasteiger partial charge in [0.25, 0.3) is 0 Å². The molecule has 0 fully saturated rings. The number of nitrogens with zero attached hydrogens (tertiary/aromatic N) is 4. The first-order valence-corrected chi connectivity index (χ1v) is 8.45. The molecule has 31 heavy (non-hydrogen) atoms. The second kappa shape index (κ2) is 8.77. The normalized spacial score (nSPS) is 16.1. The minimum Gasteiger partial charge on any atom is -0.480 e. The summed E-state index contributed by atoms with van der Waals surface area (Å²) < 4.78 is 71.4. The van der Waals surface area contributed by atoms with Crippen molar-refractivity contribution in [3.8, 4) is 0 Å². The number of hydrogen-bond acceptors (Lipinski definition) is 5. The van der Waals surface area contributed by atoms with Crippen LogP contribution in [0.1, 0.15) is 36.0 Å². The molecule has 0 amide bonds. The first-order valence-electron chi connectivity index (χ1n) is 8.45. The average molecular weight is 456 g/mol. The van der Waals surface area contributed by atoms with Crippen LogP contribution in [0.4, 0.5) is 26.3 Å². The van der Waals surface area contributed by atoms with Crippen LogP contribution in [0.5, 0.6) is 0 Å². The lowest BCUT2D eigenvalue weighted by molar-refractivity contribution is -0.192. The highest BCUT2D eigenvalue weighted by molar-refractivity contribution is 5.73. The van der Waals surface area contributed by atoms with Gasteiger partial charge in [-0.2, -0.15) is 31.4 Å². The molecular weight excluding hydrogens is 442 g/mol. The number of fused-ring (bicyclic) bond motifs is 1. The molecule has 3 rings (SSSR count). The molecule has 1 unspecified atom stereocenters. The van der Waals surface area contributed by atoms with Crippen LogP contribution in [0.2, 0.25) is 0 Å². The van der Waals surface area contributed by atoms with Crippen LogP contribution in [-0.2, 0) is 28.7 Å². The Morgan fingerprint density at radius 1 is 1.13 bits per heavy atom. The van der Waals surface area contributed by atoms with Crippen molar-refractivity contribution in [2.24, 2.45) is 0 Å². The van der Waals surface area contributed by atoms with Crippen LogP contribution in [0.15, 0.2) is 23.1 Å². The Morgan fingerprint density at radius 3 is 2.19 bits per heavy atom. The zero-order valence-electron chi connectivity index (χ0n) is 15.3. The molecule has 1 aliphatic rings. The number of pyridine rings is 1. The fourth-order valence-electron chi connectivity index (χ4n) is 2.73. The van der Waals surface area contributed by atoms with E-state index < -0.39 is 41.7 Å². The second-order valence-corrected chi connectivity index (χ2v) is 6.33. The number of alkyl halides is 6. The number of carbonyl (C=O) groups is 2. The van der Waals surface area contributed by atoms with E-state index in [1.807, 2.05) is 0 Å². The molecule has 9 nitrogen and oxygen atoms in total. The van der Waals surface area contributed by atoms with Gasteiger partial charge in [-0.3, -0.25) is 9.55 Å². The molecule has 15 heteroatoms. The van der Waals surface area contributed by atoms with Crippen molar-refractivity contribution < 1.29 is 46.1 Å². The summed E-state index contributed by atoms with van der Waals surface area (Å²) in [7, 11) is 0. The fourth-order valence-corrected chi connectivity index (χ4v) is 2.73. The predicted octanol–water partition coefficient (Wildman–Crippen LogP) is 2.10. The standard InChI is InChI=1S/C14H13F3N4O3.C2HF3O2/c15-14(16,17)10-5-4-8(6-18-10)7-20-13(24)21-9(12(22)23)2-1-3-11(21)19-20;3-2(4,5)1(6)7/h4-6,9H,1-3,7H2,(H,22,23);(H,6,7). The van der Waals surface area contributed by atoms with Gasteiger partial charge in [0.05, 0.1) is 6.54 Å². The highest BCUT2D eigenvalue weighted by atomic mass is 19.4. The van der Waals surface area contributed by atoms with Gasteiger partial charge in [0.2, 0.25) is 0 Å². The summed E-state index contributed by atoms with van der Waals surface area (Å²) in [5.41, 5.74) is -1.24. The molecule has 0 aliphatic carbocycles. The molecule has 1 aliphatic heterocycles. The SMILES string of the molecule is O=C(O)C(F)(F)F.O=C(O)C1CCCc2nn(Cc3ccc(C(F)(F)F)nc3)c(=O)n21. The minimum absolute atomic E-state index is 0.0731. The Bertz CT molecular complexity index is 1010. The van der Waals surface area contributed by atoms with Crippen LogP contribution >= 0.6 is 0 Å². The molecule has 2 aromatic rings. The number of hydrogen-bond donors (Lipinski definition) is 2.